The Kier molecular flexibility index (Phi) is 2.29. The second kappa shape index (κ2) is 3.05. The molecule has 2 N–H and O–H groups in total. The number of rotatable bonds is 2. The van der Waals surface area contributed by atoms with Crippen molar-refractivity contribution in [1.29, 1.82) is 0 Å². The van der Waals surface area contributed by atoms with Crippen LogP contribution < -0.4 is 5.73 Å². The molecule has 3 heteroatoms. The maximum Gasteiger partial charge on any atom is 0.105 e. The molecule has 3 nitrogen and oxygen atoms in total. The van der Waals surface area contributed by atoms with E-state index in [1.807, 2.05) is 20.0 Å². The molecule has 0 aliphatic heterocycles. The highest BCUT2D eigenvalue weighted by Gasteiger charge is 2.05. The summed E-state index contributed by atoms with van der Waals surface area (Å²) in [4.78, 5) is 4.32. The van der Waals surface area contributed by atoms with Crippen molar-refractivity contribution in [2.45, 2.75) is 33.4 Å². The van der Waals surface area contributed by atoms with Gasteiger partial charge in [0.2, 0.25) is 0 Å². The van der Waals surface area contributed by atoms with Gasteiger partial charge in [-0.1, -0.05) is 0 Å². The fourth-order valence-corrected chi connectivity index (χ4v) is 1.07. The predicted molar refractivity (Wildman–Crippen MR) is 45.2 cm³/mol. The average Bonchev–Trinajstić information content (AvgIpc) is 2.31. The Morgan fingerprint density at radius 2 is 2.36 bits per heavy atom. The highest BCUT2D eigenvalue weighted by atomic mass is 15.1. The third-order valence-electron chi connectivity index (χ3n) is 1.80. The molecule has 11 heavy (non-hydrogen) atoms. The van der Waals surface area contributed by atoms with E-state index in [4.69, 9.17) is 5.73 Å². The first-order valence-electron chi connectivity index (χ1n) is 3.94. The summed E-state index contributed by atoms with van der Waals surface area (Å²) in [6, 6.07) is 0.0431. The maximum absolute atomic E-state index is 5.67. The minimum atomic E-state index is 0.0431. The van der Waals surface area contributed by atoms with E-state index in [9.17, 15) is 0 Å². The van der Waals surface area contributed by atoms with E-state index >= 15 is 0 Å². The number of aryl methyl sites for hydroxylation is 2. The van der Waals surface area contributed by atoms with Gasteiger partial charge in [0.05, 0.1) is 5.69 Å². The summed E-state index contributed by atoms with van der Waals surface area (Å²) in [5.41, 5.74) is 6.65. The van der Waals surface area contributed by atoms with E-state index < -0.39 is 0 Å². The third kappa shape index (κ3) is 1.60. The monoisotopic (exact) mass is 153 g/mol. The van der Waals surface area contributed by atoms with Crippen molar-refractivity contribution < 1.29 is 0 Å². The van der Waals surface area contributed by atoms with Crippen LogP contribution >= 0.6 is 0 Å². The molecule has 1 rings (SSSR count). The van der Waals surface area contributed by atoms with Gasteiger partial charge in [0.15, 0.2) is 0 Å². The molecule has 1 atom stereocenters. The van der Waals surface area contributed by atoms with E-state index in [-0.39, 0.29) is 6.04 Å². The number of nitrogens with two attached hydrogens (primary N) is 1. The highest BCUT2D eigenvalue weighted by Crippen LogP contribution is 2.08. The quantitative estimate of drug-likeness (QED) is 0.694. The van der Waals surface area contributed by atoms with Crippen molar-refractivity contribution in [2.75, 3.05) is 0 Å². The van der Waals surface area contributed by atoms with E-state index in [2.05, 4.69) is 16.5 Å². The molecule has 0 saturated heterocycles. The Morgan fingerprint density at radius 1 is 1.73 bits per heavy atom. The molecule has 0 bridgehead atoms. The summed E-state index contributed by atoms with van der Waals surface area (Å²) in [5, 5.41) is 0. The van der Waals surface area contributed by atoms with E-state index in [1.54, 1.807) is 0 Å². The first kappa shape index (κ1) is 8.27. The zero-order valence-corrected chi connectivity index (χ0v) is 7.33. The van der Waals surface area contributed by atoms with Crippen LogP contribution in [0.4, 0.5) is 0 Å². The van der Waals surface area contributed by atoms with E-state index in [1.165, 1.54) is 0 Å². The van der Waals surface area contributed by atoms with Gasteiger partial charge in [0.25, 0.3) is 0 Å². The topological polar surface area (TPSA) is 43.8 Å². The molecular formula is C8H15N3. The van der Waals surface area contributed by atoms with Crippen molar-refractivity contribution in [1.82, 2.24) is 9.55 Å². The van der Waals surface area contributed by atoms with Crippen LogP contribution in [0.5, 0.6) is 0 Å². The molecule has 0 aliphatic rings. The molecule has 0 amide bonds. The van der Waals surface area contributed by atoms with Crippen molar-refractivity contribution in [3.63, 3.8) is 0 Å². The zero-order valence-electron chi connectivity index (χ0n) is 7.33. The third-order valence-corrected chi connectivity index (χ3v) is 1.80. The van der Waals surface area contributed by atoms with Crippen molar-refractivity contribution in [3.8, 4) is 0 Å². The van der Waals surface area contributed by atoms with Gasteiger partial charge in [-0.3, -0.25) is 0 Å². The Balaban J connectivity index is 2.95. The first-order valence-corrected chi connectivity index (χ1v) is 3.94. The standard InChI is InChI=1S/C8H15N3/c1-4-11-5-8(6(2)9)10-7(11)3/h5-6H,4,9H2,1-3H3/t6-/m1/s1. The van der Waals surface area contributed by atoms with Crippen LogP contribution in [0, 0.1) is 6.92 Å². The average molecular weight is 153 g/mol. The van der Waals surface area contributed by atoms with Crippen LogP contribution in [-0.4, -0.2) is 9.55 Å². The summed E-state index contributed by atoms with van der Waals surface area (Å²) >= 11 is 0. The minimum absolute atomic E-state index is 0.0431. The van der Waals surface area contributed by atoms with Crippen molar-refractivity contribution in [2.24, 2.45) is 5.73 Å². The van der Waals surface area contributed by atoms with Crippen LogP contribution in [0.2, 0.25) is 0 Å². The molecule has 1 aromatic rings. The largest absolute Gasteiger partial charge is 0.335 e. The summed E-state index contributed by atoms with van der Waals surface area (Å²) in [5.74, 6) is 1.04. The van der Waals surface area contributed by atoms with Crippen LogP contribution in [0.3, 0.4) is 0 Å². The predicted octanol–water partition coefficient (Wildman–Crippen LogP) is 1.23. The lowest BCUT2D eigenvalue weighted by Gasteiger charge is -1.97. The van der Waals surface area contributed by atoms with Crippen LogP contribution in [0.15, 0.2) is 6.20 Å². The molecule has 0 aliphatic carbocycles. The van der Waals surface area contributed by atoms with Gasteiger partial charge in [0, 0.05) is 18.8 Å². The minimum Gasteiger partial charge on any atom is -0.335 e. The smallest absolute Gasteiger partial charge is 0.105 e. The Labute approximate surface area is 67.2 Å². The normalized spacial score (nSPS) is 13.5. The van der Waals surface area contributed by atoms with Gasteiger partial charge >= 0.3 is 0 Å². The molecule has 0 unspecified atom stereocenters. The molecule has 62 valence electrons. The molecule has 1 heterocycles. The van der Waals surface area contributed by atoms with Crippen LogP contribution in [0.25, 0.3) is 0 Å². The molecule has 0 spiro atoms. The lowest BCUT2D eigenvalue weighted by atomic mass is 10.3. The first-order chi connectivity index (χ1) is 5.15. The van der Waals surface area contributed by atoms with Gasteiger partial charge in [-0.2, -0.15) is 0 Å². The van der Waals surface area contributed by atoms with Gasteiger partial charge in [-0.15, -0.1) is 0 Å². The summed E-state index contributed by atoms with van der Waals surface area (Å²) in [6.07, 6.45) is 2.01. The highest BCUT2D eigenvalue weighted by molar-refractivity contribution is 5.06. The molecule has 0 aromatic carbocycles. The SMILES string of the molecule is CCn1cc([C@@H](C)N)nc1C. The fraction of sp³-hybridized carbons (Fsp3) is 0.625. The molecular weight excluding hydrogens is 138 g/mol. The number of hydrogen-bond acceptors (Lipinski definition) is 2. The molecule has 0 fully saturated rings. The van der Waals surface area contributed by atoms with Gasteiger partial charge < -0.3 is 10.3 Å². The number of nitrogens with zero attached hydrogens (tertiary/aromatic N) is 2. The second-order valence-electron chi connectivity index (χ2n) is 2.79. The van der Waals surface area contributed by atoms with Gasteiger partial charge in [-0.05, 0) is 20.8 Å². The van der Waals surface area contributed by atoms with Gasteiger partial charge in [0.1, 0.15) is 5.82 Å². The molecule has 0 saturated carbocycles. The number of aromatic nitrogens is 2. The van der Waals surface area contributed by atoms with Crippen LogP contribution in [-0.2, 0) is 6.54 Å². The maximum atomic E-state index is 5.67. The fourth-order valence-electron chi connectivity index (χ4n) is 1.07. The lowest BCUT2D eigenvalue weighted by Crippen LogP contribution is -2.04. The van der Waals surface area contributed by atoms with Gasteiger partial charge in [-0.25, -0.2) is 4.98 Å². The number of imidazole rings is 1. The Hall–Kier alpha value is -0.830. The summed E-state index contributed by atoms with van der Waals surface area (Å²) < 4.78 is 2.10. The van der Waals surface area contributed by atoms with Crippen molar-refractivity contribution >= 4 is 0 Å². The molecule has 0 radical (unpaired) electrons. The zero-order chi connectivity index (χ0) is 8.43. The van der Waals surface area contributed by atoms with E-state index in [0.29, 0.717) is 0 Å². The lowest BCUT2D eigenvalue weighted by molar-refractivity contribution is 0.728. The van der Waals surface area contributed by atoms with Crippen molar-refractivity contribution in [3.05, 3.63) is 17.7 Å². The summed E-state index contributed by atoms with van der Waals surface area (Å²) in [7, 11) is 0. The number of hydrogen-bond donors (Lipinski definition) is 1. The Morgan fingerprint density at radius 3 is 2.64 bits per heavy atom. The summed E-state index contributed by atoms with van der Waals surface area (Å²) in [6.45, 7) is 7.00. The second-order valence-corrected chi connectivity index (χ2v) is 2.79. The van der Waals surface area contributed by atoms with Crippen LogP contribution in [0.1, 0.15) is 31.4 Å². The molecule has 1 aromatic heterocycles. The van der Waals surface area contributed by atoms with E-state index in [0.717, 1.165) is 18.1 Å². The Bertz CT molecular complexity index is 237.